The Morgan fingerprint density at radius 1 is 1.20 bits per heavy atom. The minimum atomic E-state index is -0.442. The van der Waals surface area contributed by atoms with E-state index in [1.807, 2.05) is 31.2 Å². The van der Waals surface area contributed by atoms with Crippen LogP contribution in [0.4, 0.5) is 4.79 Å². The summed E-state index contributed by atoms with van der Waals surface area (Å²) in [5.41, 5.74) is 2.84. The van der Waals surface area contributed by atoms with Gasteiger partial charge in [0.05, 0.1) is 6.61 Å². The number of allylic oxidation sites excluding steroid dienone is 2. The summed E-state index contributed by atoms with van der Waals surface area (Å²) in [6.07, 6.45) is 6.02. The zero-order valence-electron chi connectivity index (χ0n) is 15.1. The van der Waals surface area contributed by atoms with Crippen LogP contribution in [0.15, 0.2) is 42.0 Å². The molecule has 1 aliphatic carbocycles. The number of hydrogen-bond donors (Lipinski definition) is 0. The average Bonchev–Trinajstić information content (AvgIpc) is 2.61. The molecule has 0 spiro atoms. The lowest BCUT2D eigenvalue weighted by molar-refractivity contribution is -0.137. The molecule has 1 aliphatic rings. The van der Waals surface area contributed by atoms with E-state index >= 15 is 0 Å². The highest BCUT2D eigenvalue weighted by atomic mass is 16.6. The minimum absolute atomic E-state index is 0.377. The van der Waals surface area contributed by atoms with Crippen LogP contribution in [-0.2, 0) is 20.7 Å². The molecule has 0 aromatic heterocycles. The standard InChI is InChI=1S/C20H25NO4/c1-4-5-14-24-18(22)13-12-16-11-10-15-8-6-7-9-17(15)19(16)25-20(23)21(2)3/h6-9,12-13H,4-5,10-11,14H2,1-3H3/b13-12+. The highest BCUT2D eigenvalue weighted by molar-refractivity contribution is 5.85. The first kappa shape index (κ1) is 18.8. The average molecular weight is 343 g/mol. The SMILES string of the molecule is CCCCOC(=O)/C=C/C1=C(OC(=O)N(C)C)c2ccccc2CC1. The Morgan fingerprint density at radius 3 is 2.68 bits per heavy atom. The topological polar surface area (TPSA) is 55.8 Å². The van der Waals surface area contributed by atoms with E-state index in [4.69, 9.17) is 9.47 Å². The fourth-order valence-corrected chi connectivity index (χ4v) is 2.51. The predicted octanol–water partition coefficient (Wildman–Crippen LogP) is 3.94. The summed E-state index contributed by atoms with van der Waals surface area (Å²) in [4.78, 5) is 25.2. The van der Waals surface area contributed by atoms with Gasteiger partial charge in [-0.05, 0) is 36.5 Å². The maximum atomic E-state index is 12.0. The summed E-state index contributed by atoms with van der Waals surface area (Å²) in [6.45, 7) is 2.46. The number of nitrogens with zero attached hydrogens (tertiary/aromatic N) is 1. The summed E-state index contributed by atoms with van der Waals surface area (Å²) in [7, 11) is 3.27. The fourth-order valence-electron chi connectivity index (χ4n) is 2.51. The number of fused-ring (bicyclic) bond motifs is 1. The lowest BCUT2D eigenvalue weighted by Crippen LogP contribution is -2.23. The lowest BCUT2D eigenvalue weighted by Gasteiger charge is -2.22. The van der Waals surface area contributed by atoms with Crippen molar-refractivity contribution in [3.8, 4) is 0 Å². The van der Waals surface area contributed by atoms with Gasteiger partial charge in [0, 0.05) is 25.7 Å². The molecular weight excluding hydrogens is 318 g/mol. The zero-order chi connectivity index (χ0) is 18.2. The number of benzene rings is 1. The molecule has 2 rings (SSSR count). The van der Waals surface area contributed by atoms with Gasteiger partial charge in [-0.15, -0.1) is 0 Å². The zero-order valence-corrected chi connectivity index (χ0v) is 15.1. The number of unbranched alkanes of at least 4 members (excludes halogenated alkanes) is 1. The molecule has 5 heteroatoms. The maximum Gasteiger partial charge on any atom is 0.414 e. The monoisotopic (exact) mass is 343 g/mol. The smallest absolute Gasteiger partial charge is 0.414 e. The number of rotatable bonds is 6. The van der Waals surface area contributed by atoms with Crippen molar-refractivity contribution >= 4 is 17.8 Å². The van der Waals surface area contributed by atoms with Gasteiger partial charge in [-0.25, -0.2) is 9.59 Å². The van der Waals surface area contributed by atoms with Crippen LogP contribution in [0.5, 0.6) is 0 Å². The molecular formula is C20H25NO4. The molecule has 134 valence electrons. The third-order valence-corrected chi connectivity index (χ3v) is 3.93. The van der Waals surface area contributed by atoms with Gasteiger partial charge in [-0.3, -0.25) is 0 Å². The number of hydrogen-bond acceptors (Lipinski definition) is 4. The highest BCUT2D eigenvalue weighted by Gasteiger charge is 2.22. The molecule has 0 N–H and O–H groups in total. The van der Waals surface area contributed by atoms with E-state index in [1.54, 1.807) is 20.2 Å². The van der Waals surface area contributed by atoms with E-state index < -0.39 is 6.09 Å². The molecule has 1 aromatic carbocycles. The van der Waals surface area contributed by atoms with Crippen molar-refractivity contribution < 1.29 is 19.1 Å². The number of esters is 1. The second-order valence-corrected chi connectivity index (χ2v) is 6.13. The van der Waals surface area contributed by atoms with Crippen LogP contribution in [0.1, 0.15) is 37.3 Å². The summed E-state index contributed by atoms with van der Waals surface area (Å²) in [5, 5.41) is 0. The normalized spacial score (nSPS) is 13.6. The van der Waals surface area contributed by atoms with Gasteiger partial charge in [0.2, 0.25) is 0 Å². The van der Waals surface area contributed by atoms with Crippen LogP contribution in [-0.4, -0.2) is 37.7 Å². The Morgan fingerprint density at radius 2 is 1.96 bits per heavy atom. The molecule has 5 nitrogen and oxygen atoms in total. The first-order valence-electron chi connectivity index (χ1n) is 8.58. The van der Waals surface area contributed by atoms with Crippen molar-refractivity contribution in [2.24, 2.45) is 0 Å². The van der Waals surface area contributed by atoms with Crippen molar-refractivity contribution in [3.63, 3.8) is 0 Å². The van der Waals surface area contributed by atoms with Gasteiger partial charge in [0.25, 0.3) is 0 Å². The first-order chi connectivity index (χ1) is 12.0. The van der Waals surface area contributed by atoms with Crippen molar-refractivity contribution in [2.45, 2.75) is 32.6 Å². The Bertz CT molecular complexity index is 689. The number of aryl methyl sites for hydroxylation is 1. The second kappa shape index (κ2) is 9.06. The number of amides is 1. The first-order valence-corrected chi connectivity index (χ1v) is 8.58. The summed E-state index contributed by atoms with van der Waals surface area (Å²) in [5.74, 6) is 0.135. The van der Waals surface area contributed by atoms with Crippen LogP contribution >= 0.6 is 0 Å². The van der Waals surface area contributed by atoms with Crippen molar-refractivity contribution in [3.05, 3.63) is 53.1 Å². The van der Waals surface area contributed by atoms with Crippen molar-refractivity contribution in [1.29, 1.82) is 0 Å². The third-order valence-electron chi connectivity index (χ3n) is 3.93. The Balaban J connectivity index is 2.25. The summed E-state index contributed by atoms with van der Waals surface area (Å²) < 4.78 is 10.7. The fraction of sp³-hybridized carbons (Fsp3) is 0.400. The van der Waals surface area contributed by atoms with E-state index in [1.165, 1.54) is 11.0 Å². The van der Waals surface area contributed by atoms with Crippen LogP contribution < -0.4 is 0 Å². The number of ether oxygens (including phenoxy) is 2. The second-order valence-electron chi connectivity index (χ2n) is 6.13. The maximum absolute atomic E-state index is 12.0. The molecule has 0 saturated heterocycles. The van der Waals surface area contributed by atoms with Crippen LogP contribution in [0, 0.1) is 0 Å². The van der Waals surface area contributed by atoms with Crippen molar-refractivity contribution in [2.75, 3.05) is 20.7 Å². The molecule has 1 aromatic rings. The van der Waals surface area contributed by atoms with Crippen LogP contribution in [0.2, 0.25) is 0 Å². The Hall–Kier alpha value is -2.56. The van der Waals surface area contributed by atoms with E-state index in [0.29, 0.717) is 18.8 Å². The lowest BCUT2D eigenvalue weighted by atomic mass is 9.90. The molecule has 0 heterocycles. The molecule has 0 fully saturated rings. The molecule has 0 atom stereocenters. The Labute approximate surface area is 148 Å². The van der Waals surface area contributed by atoms with Gasteiger partial charge in [0.15, 0.2) is 0 Å². The molecule has 0 aliphatic heterocycles. The van der Waals surface area contributed by atoms with E-state index in [9.17, 15) is 9.59 Å². The van der Waals surface area contributed by atoms with E-state index in [-0.39, 0.29) is 5.97 Å². The summed E-state index contributed by atoms with van der Waals surface area (Å²) >= 11 is 0. The summed E-state index contributed by atoms with van der Waals surface area (Å²) in [6, 6.07) is 7.84. The quantitative estimate of drug-likeness (QED) is 0.446. The van der Waals surface area contributed by atoms with E-state index in [0.717, 1.165) is 36.0 Å². The Kier molecular flexibility index (Phi) is 6.81. The van der Waals surface area contributed by atoms with Gasteiger partial charge >= 0.3 is 12.1 Å². The highest BCUT2D eigenvalue weighted by Crippen LogP contribution is 2.33. The number of carbonyl (C=O) groups is 2. The van der Waals surface area contributed by atoms with Gasteiger partial charge in [-0.1, -0.05) is 37.6 Å². The molecule has 0 saturated carbocycles. The molecule has 0 radical (unpaired) electrons. The van der Waals surface area contributed by atoms with Crippen molar-refractivity contribution in [1.82, 2.24) is 4.90 Å². The van der Waals surface area contributed by atoms with Crippen LogP contribution in [0.25, 0.3) is 5.76 Å². The minimum Gasteiger partial charge on any atom is -0.463 e. The number of carbonyl (C=O) groups excluding carboxylic acids is 2. The molecule has 25 heavy (non-hydrogen) atoms. The van der Waals surface area contributed by atoms with Crippen LogP contribution in [0.3, 0.4) is 0 Å². The molecule has 1 amide bonds. The molecule has 0 unspecified atom stereocenters. The van der Waals surface area contributed by atoms with Gasteiger partial charge in [0.1, 0.15) is 5.76 Å². The molecule has 0 bridgehead atoms. The van der Waals surface area contributed by atoms with E-state index in [2.05, 4.69) is 0 Å². The predicted molar refractivity (Wildman–Crippen MR) is 96.9 cm³/mol. The third kappa shape index (κ3) is 5.21. The largest absolute Gasteiger partial charge is 0.463 e. The van der Waals surface area contributed by atoms with Gasteiger partial charge < -0.3 is 14.4 Å². The van der Waals surface area contributed by atoms with Gasteiger partial charge in [-0.2, -0.15) is 0 Å².